The maximum atomic E-state index is 13.1. The molecule has 2 aliphatic carbocycles. The lowest BCUT2D eigenvalue weighted by Crippen LogP contribution is -2.62. The van der Waals surface area contributed by atoms with Gasteiger partial charge in [0.2, 0.25) is 5.91 Å². The molecule has 0 atom stereocenters. The van der Waals surface area contributed by atoms with Gasteiger partial charge in [0.15, 0.2) is 5.82 Å². The second-order valence-electron chi connectivity index (χ2n) is 11.2. The van der Waals surface area contributed by atoms with Gasteiger partial charge in [-0.25, -0.2) is 4.98 Å². The second-order valence-corrected chi connectivity index (χ2v) is 11.6. The minimum absolute atomic E-state index is 0.165. The standard InChI is InChI=1S/C26H29ClN8O/c1-32(2)24(36)26(5-6-26)34-13-17-9-19(27)3-4-20(17)35-22(14-34)30-31-23(35)18-10-25(11-18)15-33(16-25)21-12-28-7-8-29-21/h3-4,7-9,12,18H,5-6,10-11,13-16H2,1-2H3. The van der Waals surface area contributed by atoms with Gasteiger partial charge in [-0.05, 0) is 49.4 Å². The zero-order valence-corrected chi connectivity index (χ0v) is 21.3. The fourth-order valence-corrected chi connectivity index (χ4v) is 6.79. The van der Waals surface area contributed by atoms with E-state index in [1.807, 2.05) is 32.4 Å². The number of aromatic nitrogens is 5. The Labute approximate surface area is 215 Å². The second kappa shape index (κ2) is 7.73. The lowest BCUT2D eigenvalue weighted by Gasteiger charge is -2.59. The van der Waals surface area contributed by atoms with Gasteiger partial charge in [0.25, 0.3) is 0 Å². The molecule has 3 fully saturated rings. The van der Waals surface area contributed by atoms with Gasteiger partial charge in [0.05, 0.1) is 18.4 Å². The first kappa shape index (κ1) is 22.2. The van der Waals surface area contributed by atoms with E-state index in [1.165, 1.54) is 0 Å². The molecule has 36 heavy (non-hydrogen) atoms. The van der Waals surface area contributed by atoms with Gasteiger partial charge in [-0.2, -0.15) is 0 Å². The largest absolute Gasteiger partial charge is 0.354 e. The number of anilines is 1. The fourth-order valence-electron chi connectivity index (χ4n) is 6.60. The van der Waals surface area contributed by atoms with E-state index in [9.17, 15) is 4.79 Å². The average molecular weight is 505 g/mol. The third kappa shape index (κ3) is 3.29. The Morgan fingerprint density at radius 2 is 1.92 bits per heavy atom. The Morgan fingerprint density at radius 1 is 1.11 bits per heavy atom. The number of benzene rings is 1. The molecule has 9 nitrogen and oxygen atoms in total. The van der Waals surface area contributed by atoms with Crippen molar-refractivity contribution in [2.75, 3.05) is 32.1 Å². The molecule has 1 amide bonds. The maximum Gasteiger partial charge on any atom is 0.242 e. The normalized spacial score (nSPS) is 21.7. The Balaban J connectivity index is 1.17. The van der Waals surface area contributed by atoms with Crippen LogP contribution < -0.4 is 4.90 Å². The van der Waals surface area contributed by atoms with Crippen LogP contribution in [0, 0.1) is 5.41 Å². The Bertz CT molecular complexity index is 1340. The number of nitrogens with zero attached hydrogens (tertiary/aromatic N) is 8. The maximum absolute atomic E-state index is 13.1. The first-order valence-corrected chi connectivity index (χ1v) is 13.0. The van der Waals surface area contributed by atoms with Crippen LogP contribution in [-0.2, 0) is 17.9 Å². The highest BCUT2D eigenvalue weighted by Crippen LogP contribution is 2.57. The number of rotatable bonds is 4. The molecule has 2 aliphatic heterocycles. The van der Waals surface area contributed by atoms with Gasteiger partial charge in [0.1, 0.15) is 17.2 Å². The summed E-state index contributed by atoms with van der Waals surface area (Å²) in [6.07, 6.45) is 9.23. The Hall–Kier alpha value is -3.04. The number of amides is 1. The van der Waals surface area contributed by atoms with Crippen molar-refractivity contribution in [3.8, 4) is 5.69 Å². The summed E-state index contributed by atoms with van der Waals surface area (Å²) >= 11 is 6.44. The van der Waals surface area contributed by atoms with Crippen LogP contribution in [0.4, 0.5) is 5.82 Å². The molecule has 0 bridgehead atoms. The summed E-state index contributed by atoms with van der Waals surface area (Å²) < 4.78 is 2.25. The third-order valence-corrected chi connectivity index (χ3v) is 8.75. The molecule has 3 aromatic rings. The Kier molecular flexibility index (Phi) is 4.76. The van der Waals surface area contributed by atoms with Crippen molar-refractivity contribution in [2.45, 2.75) is 50.2 Å². The number of hydrogen-bond donors (Lipinski definition) is 0. The Morgan fingerprint density at radius 3 is 2.61 bits per heavy atom. The zero-order valence-electron chi connectivity index (χ0n) is 20.6. The molecule has 4 aliphatic rings. The predicted octanol–water partition coefficient (Wildman–Crippen LogP) is 3.03. The highest BCUT2D eigenvalue weighted by Gasteiger charge is 2.57. The number of carbonyl (C=O) groups excluding carboxylic acids is 1. The number of halogens is 1. The van der Waals surface area contributed by atoms with E-state index in [0.29, 0.717) is 29.4 Å². The molecule has 1 aromatic carbocycles. The van der Waals surface area contributed by atoms with Crippen LogP contribution in [0.15, 0.2) is 36.8 Å². The van der Waals surface area contributed by atoms with Crippen molar-refractivity contribution in [3.63, 3.8) is 0 Å². The topological polar surface area (TPSA) is 83.3 Å². The van der Waals surface area contributed by atoms with E-state index in [4.69, 9.17) is 16.7 Å². The van der Waals surface area contributed by atoms with Crippen LogP contribution in [0.3, 0.4) is 0 Å². The molecule has 1 saturated heterocycles. The first-order chi connectivity index (χ1) is 17.4. The summed E-state index contributed by atoms with van der Waals surface area (Å²) in [6, 6.07) is 6.05. The van der Waals surface area contributed by atoms with Gasteiger partial charge in [-0.15, -0.1) is 10.2 Å². The van der Waals surface area contributed by atoms with E-state index in [-0.39, 0.29) is 5.91 Å². The van der Waals surface area contributed by atoms with Crippen LogP contribution in [0.5, 0.6) is 0 Å². The van der Waals surface area contributed by atoms with Crippen LogP contribution in [0.25, 0.3) is 5.69 Å². The molecule has 1 spiro atoms. The molecule has 0 radical (unpaired) electrons. The van der Waals surface area contributed by atoms with E-state index < -0.39 is 5.54 Å². The zero-order chi connectivity index (χ0) is 24.7. The van der Waals surface area contributed by atoms with Crippen molar-refractivity contribution >= 4 is 23.3 Å². The summed E-state index contributed by atoms with van der Waals surface area (Å²) in [5, 5.41) is 10.1. The van der Waals surface area contributed by atoms with Crippen LogP contribution >= 0.6 is 11.6 Å². The van der Waals surface area contributed by atoms with Crippen molar-refractivity contribution in [2.24, 2.45) is 5.41 Å². The number of hydrogen-bond acceptors (Lipinski definition) is 7. The molecule has 10 heteroatoms. The lowest BCUT2D eigenvalue weighted by atomic mass is 9.57. The van der Waals surface area contributed by atoms with Gasteiger partial charge < -0.3 is 9.80 Å². The highest BCUT2D eigenvalue weighted by atomic mass is 35.5. The van der Waals surface area contributed by atoms with Crippen molar-refractivity contribution in [3.05, 3.63) is 59.0 Å². The molecule has 2 aromatic heterocycles. The van der Waals surface area contributed by atoms with Crippen LogP contribution in [-0.4, -0.2) is 73.2 Å². The summed E-state index contributed by atoms with van der Waals surface area (Å²) in [7, 11) is 3.67. The van der Waals surface area contributed by atoms with E-state index in [1.54, 1.807) is 17.3 Å². The molecule has 2 saturated carbocycles. The molecule has 0 N–H and O–H groups in total. The number of carbonyl (C=O) groups is 1. The smallest absolute Gasteiger partial charge is 0.242 e. The predicted molar refractivity (Wildman–Crippen MR) is 135 cm³/mol. The number of fused-ring (bicyclic) bond motifs is 3. The lowest BCUT2D eigenvalue weighted by molar-refractivity contribution is -0.136. The molecular weight excluding hydrogens is 476 g/mol. The van der Waals surface area contributed by atoms with Gasteiger partial charge in [0, 0.05) is 62.5 Å². The van der Waals surface area contributed by atoms with E-state index >= 15 is 0 Å². The number of likely N-dealkylation sites (N-methyl/N-ethyl adjacent to an activating group) is 1. The summed E-state index contributed by atoms with van der Waals surface area (Å²) in [5.74, 6) is 3.42. The van der Waals surface area contributed by atoms with Gasteiger partial charge in [-0.1, -0.05) is 11.6 Å². The SMILES string of the molecule is CN(C)C(=O)C1(N2Cc3cc(Cl)ccc3-n3c(nnc3C3CC4(C3)CN(c3cnccn3)C4)C2)CC1. The summed E-state index contributed by atoms with van der Waals surface area (Å²) in [5.41, 5.74) is 2.07. The molecule has 7 rings (SSSR count). The monoisotopic (exact) mass is 504 g/mol. The minimum atomic E-state index is -0.458. The molecule has 4 heterocycles. The molecule has 186 valence electrons. The van der Waals surface area contributed by atoms with Crippen molar-refractivity contribution in [1.82, 2.24) is 34.5 Å². The van der Waals surface area contributed by atoms with Gasteiger partial charge in [-0.3, -0.25) is 19.2 Å². The quantitative estimate of drug-likeness (QED) is 0.540. The van der Waals surface area contributed by atoms with Gasteiger partial charge >= 0.3 is 0 Å². The molecular formula is C26H29ClN8O. The minimum Gasteiger partial charge on any atom is -0.354 e. The average Bonchev–Trinajstić information content (AvgIpc) is 3.56. The fraction of sp³-hybridized carbons (Fsp3) is 0.500. The van der Waals surface area contributed by atoms with E-state index in [0.717, 1.165) is 67.5 Å². The van der Waals surface area contributed by atoms with Crippen molar-refractivity contribution in [1.29, 1.82) is 0 Å². The van der Waals surface area contributed by atoms with Crippen LogP contribution in [0.1, 0.15) is 48.8 Å². The summed E-state index contributed by atoms with van der Waals surface area (Å²) in [6.45, 7) is 3.29. The van der Waals surface area contributed by atoms with Crippen LogP contribution in [0.2, 0.25) is 5.02 Å². The first-order valence-electron chi connectivity index (χ1n) is 12.6. The van der Waals surface area contributed by atoms with Crippen molar-refractivity contribution < 1.29 is 4.79 Å². The highest BCUT2D eigenvalue weighted by molar-refractivity contribution is 6.30. The van der Waals surface area contributed by atoms with E-state index in [2.05, 4.69) is 35.5 Å². The third-order valence-electron chi connectivity index (χ3n) is 8.51. The summed E-state index contributed by atoms with van der Waals surface area (Å²) in [4.78, 5) is 28.1. The molecule has 0 unspecified atom stereocenters.